The molecule has 30 heavy (non-hydrogen) atoms. The molecule has 3 nitrogen and oxygen atoms in total. The lowest BCUT2D eigenvalue weighted by molar-refractivity contribution is -0.0145. The smallest absolute Gasteiger partial charge is 0.261 e. The Morgan fingerprint density at radius 3 is 1.83 bits per heavy atom. The van der Waals surface area contributed by atoms with Gasteiger partial charge < -0.3 is 14.4 Å². The van der Waals surface area contributed by atoms with Gasteiger partial charge in [-0.2, -0.15) is 0 Å². The third kappa shape index (κ3) is 4.29. The molecule has 1 N–H and O–H groups in total. The number of likely N-dealkylation sites (tertiary alicyclic amines) is 1. The number of hydrogen-bond acceptors (Lipinski definition) is 3. The molecule has 0 aromatic heterocycles. The maximum absolute atomic E-state index is 9.63. The fourth-order valence-electron chi connectivity index (χ4n) is 5.35. The van der Waals surface area contributed by atoms with Crippen molar-refractivity contribution in [1.82, 2.24) is 4.90 Å². The minimum absolute atomic E-state index is 0.0402. The Morgan fingerprint density at radius 2 is 1.40 bits per heavy atom. The number of piperidine rings is 1. The molecule has 0 bridgehead atoms. The molecule has 0 spiro atoms. The van der Waals surface area contributed by atoms with E-state index in [9.17, 15) is 5.11 Å². The molecule has 1 saturated carbocycles. The van der Waals surface area contributed by atoms with E-state index < -0.39 is 8.32 Å². The molecule has 0 amide bonds. The molecule has 1 heterocycles. The Kier molecular flexibility index (Phi) is 6.49. The van der Waals surface area contributed by atoms with Crippen molar-refractivity contribution >= 4 is 18.7 Å². The van der Waals surface area contributed by atoms with Crippen LogP contribution in [0.15, 0.2) is 60.7 Å². The zero-order valence-corrected chi connectivity index (χ0v) is 19.8. The monoisotopic (exact) mass is 423 g/mol. The Balaban J connectivity index is 1.52. The highest BCUT2D eigenvalue weighted by molar-refractivity contribution is 6.99. The number of benzene rings is 2. The van der Waals surface area contributed by atoms with Crippen molar-refractivity contribution in [3.05, 3.63) is 60.7 Å². The third-order valence-corrected chi connectivity index (χ3v) is 12.2. The van der Waals surface area contributed by atoms with Gasteiger partial charge in [0.25, 0.3) is 8.32 Å². The topological polar surface area (TPSA) is 32.7 Å². The Labute approximate surface area is 183 Å². The van der Waals surface area contributed by atoms with Crippen molar-refractivity contribution in [3.63, 3.8) is 0 Å². The van der Waals surface area contributed by atoms with Crippen LogP contribution in [0, 0.1) is 5.92 Å². The van der Waals surface area contributed by atoms with Gasteiger partial charge in [-0.25, -0.2) is 0 Å². The maximum atomic E-state index is 9.63. The molecule has 2 aromatic rings. The summed E-state index contributed by atoms with van der Waals surface area (Å²) in [5, 5.41) is 12.4. The standard InChI is InChI=1S/C26H37NO2Si/c1-26(2,3)30(24-10-6-4-7-11-24,25-12-8-5-9-13-25)29-20-21-14-16-27(17-15-21)22-18-23(28)19-22/h4-13,21-23,28H,14-20H2,1-3H3. The third-order valence-electron chi connectivity index (χ3n) is 7.21. The number of aliphatic hydroxyl groups excluding tert-OH is 1. The van der Waals surface area contributed by atoms with Crippen LogP contribution in [0.25, 0.3) is 0 Å². The second-order valence-corrected chi connectivity index (χ2v) is 14.5. The first kappa shape index (κ1) is 21.8. The summed E-state index contributed by atoms with van der Waals surface area (Å²) in [6.45, 7) is 10.2. The highest BCUT2D eigenvalue weighted by Crippen LogP contribution is 2.38. The number of hydrogen-bond donors (Lipinski definition) is 1. The van der Waals surface area contributed by atoms with Crippen molar-refractivity contribution in [3.8, 4) is 0 Å². The fourth-order valence-corrected chi connectivity index (χ4v) is 9.99. The SMILES string of the molecule is CC(C)(C)[Si](OCC1CCN(C2CC(O)C2)CC1)(c1ccccc1)c1ccccc1. The largest absolute Gasteiger partial charge is 0.407 e. The van der Waals surface area contributed by atoms with Gasteiger partial charge in [0.2, 0.25) is 0 Å². The zero-order chi connectivity index (χ0) is 21.2. The molecule has 0 atom stereocenters. The van der Waals surface area contributed by atoms with E-state index in [1.54, 1.807) is 0 Å². The van der Waals surface area contributed by atoms with Gasteiger partial charge in [0.1, 0.15) is 0 Å². The normalized spacial score (nSPS) is 23.9. The minimum Gasteiger partial charge on any atom is -0.407 e. The summed E-state index contributed by atoms with van der Waals surface area (Å²) in [7, 11) is -2.42. The van der Waals surface area contributed by atoms with E-state index in [2.05, 4.69) is 86.3 Å². The molecule has 2 fully saturated rings. The van der Waals surface area contributed by atoms with Crippen molar-refractivity contribution < 1.29 is 9.53 Å². The fraction of sp³-hybridized carbons (Fsp3) is 0.538. The van der Waals surface area contributed by atoms with Gasteiger partial charge >= 0.3 is 0 Å². The molecule has 2 aromatic carbocycles. The molecule has 1 saturated heterocycles. The van der Waals surface area contributed by atoms with Crippen molar-refractivity contribution in [1.29, 1.82) is 0 Å². The minimum atomic E-state index is -2.42. The van der Waals surface area contributed by atoms with Crippen molar-refractivity contribution in [2.24, 2.45) is 5.92 Å². The molecule has 2 aliphatic rings. The Morgan fingerprint density at radius 1 is 0.900 bits per heavy atom. The predicted molar refractivity (Wildman–Crippen MR) is 127 cm³/mol. The first-order valence-corrected chi connectivity index (χ1v) is 13.5. The van der Waals surface area contributed by atoms with Crippen LogP contribution in [0.3, 0.4) is 0 Å². The Hall–Kier alpha value is -1.46. The van der Waals surface area contributed by atoms with Gasteiger partial charge in [-0.05, 0) is 60.1 Å². The second kappa shape index (κ2) is 8.95. The summed E-state index contributed by atoms with van der Waals surface area (Å²) in [4.78, 5) is 2.59. The van der Waals surface area contributed by atoms with Gasteiger partial charge in [0, 0.05) is 12.6 Å². The summed E-state index contributed by atoms with van der Waals surface area (Å²) < 4.78 is 7.14. The zero-order valence-electron chi connectivity index (χ0n) is 18.8. The van der Waals surface area contributed by atoms with E-state index >= 15 is 0 Å². The molecular weight excluding hydrogens is 386 g/mol. The van der Waals surface area contributed by atoms with Crippen molar-refractivity contribution in [2.75, 3.05) is 19.7 Å². The first-order valence-electron chi connectivity index (χ1n) is 11.6. The van der Waals surface area contributed by atoms with Crippen LogP contribution in [0.1, 0.15) is 46.5 Å². The van der Waals surface area contributed by atoms with E-state index in [0.717, 1.165) is 32.5 Å². The summed E-state index contributed by atoms with van der Waals surface area (Å²) in [5.74, 6) is 0.618. The number of aliphatic hydroxyl groups is 1. The molecule has 0 radical (unpaired) electrons. The summed E-state index contributed by atoms with van der Waals surface area (Å²) in [5.41, 5.74) is 0. The van der Waals surface area contributed by atoms with Gasteiger partial charge in [0.05, 0.1) is 6.10 Å². The lowest BCUT2D eigenvalue weighted by Gasteiger charge is -2.46. The highest BCUT2D eigenvalue weighted by atomic mass is 28.4. The second-order valence-electron chi connectivity index (χ2n) is 10.2. The quantitative estimate of drug-likeness (QED) is 0.718. The average molecular weight is 424 g/mol. The van der Waals surface area contributed by atoms with Crippen LogP contribution in [-0.2, 0) is 4.43 Å². The van der Waals surface area contributed by atoms with E-state index in [1.165, 1.54) is 23.2 Å². The molecule has 4 heteroatoms. The van der Waals surface area contributed by atoms with Crippen LogP contribution in [0.4, 0.5) is 0 Å². The molecule has 162 valence electrons. The van der Waals surface area contributed by atoms with Crippen LogP contribution >= 0.6 is 0 Å². The number of rotatable bonds is 6. The molecule has 0 unspecified atom stereocenters. The summed E-state index contributed by atoms with van der Waals surface area (Å²) >= 11 is 0. The van der Waals surface area contributed by atoms with E-state index in [1.807, 2.05) is 0 Å². The van der Waals surface area contributed by atoms with Gasteiger partial charge in [-0.1, -0.05) is 81.4 Å². The lowest BCUT2D eigenvalue weighted by atomic mass is 9.85. The summed E-state index contributed by atoms with van der Waals surface area (Å²) in [6.07, 6.45) is 4.26. The Bertz CT molecular complexity index is 751. The first-order chi connectivity index (χ1) is 14.4. The van der Waals surface area contributed by atoms with Crippen LogP contribution < -0.4 is 10.4 Å². The van der Waals surface area contributed by atoms with Crippen LogP contribution in [0.2, 0.25) is 5.04 Å². The predicted octanol–water partition coefficient (Wildman–Crippen LogP) is 3.80. The van der Waals surface area contributed by atoms with Crippen molar-refractivity contribution in [2.45, 2.75) is 63.6 Å². The maximum Gasteiger partial charge on any atom is 0.261 e. The van der Waals surface area contributed by atoms with E-state index in [-0.39, 0.29) is 11.1 Å². The molecule has 4 rings (SSSR count). The van der Waals surface area contributed by atoms with Crippen LogP contribution in [-0.4, -0.2) is 50.2 Å². The van der Waals surface area contributed by atoms with Crippen LogP contribution in [0.5, 0.6) is 0 Å². The van der Waals surface area contributed by atoms with Gasteiger partial charge in [0.15, 0.2) is 0 Å². The summed E-state index contributed by atoms with van der Waals surface area (Å²) in [6, 6.07) is 22.5. The number of nitrogens with zero attached hydrogens (tertiary/aromatic N) is 1. The highest BCUT2D eigenvalue weighted by Gasteiger charge is 2.50. The molecule has 1 aliphatic heterocycles. The van der Waals surface area contributed by atoms with Gasteiger partial charge in [-0.3, -0.25) is 0 Å². The average Bonchev–Trinajstić information content (AvgIpc) is 2.73. The lowest BCUT2D eigenvalue weighted by Crippen LogP contribution is -2.67. The molecular formula is C26H37NO2Si. The van der Waals surface area contributed by atoms with E-state index in [4.69, 9.17) is 4.43 Å². The van der Waals surface area contributed by atoms with Gasteiger partial charge in [-0.15, -0.1) is 0 Å². The molecule has 1 aliphatic carbocycles. The van der Waals surface area contributed by atoms with E-state index in [0.29, 0.717) is 12.0 Å².